The zero-order valence-corrected chi connectivity index (χ0v) is 12.5. The molecule has 1 atom stereocenters. The average Bonchev–Trinajstić information content (AvgIpc) is 3.13. The van der Waals surface area contributed by atoms with Gasteiger partial charge in [0.1, 0.15) is 11.9 Å². The Bertz CT molecular complexity index is 603. The van der Waals surface area contributed by atoms with E-state index >= 15 is 0 Å². The van der Waals surface area contributed by atoms with Gasteiger partial charge in [-0.2, -0.15) is 0 Å². The lowest BCUT2D eigenvalue weighted by molar-refractivity contribution is -0.121. The third-order valence-electron chi connectivity index (χ3n) is 2.96. The first-order valence-electron chi connectivity index (χ1n) is 6.64. The van der Waals surface area contributed by atoms with Crippen molar-refractivity contribution < 1.29 is 19.1 Å². The van der Waals surface area contributed by atoms with Gasteiger partial charge in [0.05, 0.1) is 17.7 Å². The number of rotatable bonds is 7. The Morgan fingerprint density at radius 1 is 1.33 bits per heavy atom. The molecule has 2 aromatic heterocycles. The number of Topliss-reactive ketones (excluding diaryl/α,β-unsaturated/α-hetero) is 1. The zero-order valence-electron chi connectivity index (χ0n) is 11.7. The normalized spacial score (nSPS) is 12.1. The van der Waals surface area contributed by atoms with Crippen LogP contribution in [0, 0.1) is 6.92 Å². The SMILES string of the molecule is Cc1ccc(C(=O)CCC(=O)NCC(O)c2ccco2)s1. The molecule has 1 amide bonds. The van der Waals surface area contributed by atoms with Crippen LogP contribution in [0.1, 0.15) is 39.3 Å². The number of amides is 1. The van der Waals surface area contributed by atoms with Gasteiger partial charge in [0.15, 0.2) is 5.78 Å². The standard InChI is InChI=1S/C15H17NO4S/c1-10-4-6-14(21-10)11(17)5-7-15(19)16-9-12(18)13-3-2-8-20-13/h2-4,6,8,12,18H,5,7,9H2,1H3,(H,16,19). The van der Waals surface area contributed by atoms with E-state index < -0.39 is 6.10 Å². The molecule has 6 heteroatoms. The third-order valence-corrected chi connectivity index (χ3v) is 4.00. The molecule has 0 aliphatic rings. The summed E-state index contributed by atoms with van der Waals surface area (Å²) in [4.78, 5) is 25.3. The number of hydrogen-bond donors (Lipinski definition) is 2. The van der Waals surface area contributed by atoms with Crippen molar-refractivity contribution in [2.24, 2.45) is 0 Å². The minimum atomic E-state index is -0.875. The molecular weight excluding hydrogens is 290 g/mol. The predicted octanol–water partition coefficient (Wildman–Crippen LogP) is 2.46. The highest BCUT2D eigenvalue weighted by Gasteiger charge is 2.14. The van der Waals surface area contributed by atoms with Crippen molar-refractivity contribution in [1.29, 1.82) is 0 Å². The van der Waals surface area contributed by atoms with E-state index in [1.807, 2.05) is 13.0 Å². The van der Waals surface area contributed by atoms with Crippen molar-refractivity contribution in [2.45, 2.75) is 25.9 Å². The number of hydrogen-bond acceptors (Lipinski definition) is 5. The highest BCUT2D eigenvalue weighted by atomic mass is 32.1. The van der Waals surface area contributed by atoms with Gasteiger partial charge in [-0.25, -0.2) is 0 Å². The number of carbonyl (C=O) groups excluding carboxylic acids is 2. The first-order valence-corrected chi connectivity index (χ1v) is 7.45. The van der Waals surface area contributed by atoms with Gasteiger partial charge in [0.25, 0.3) is 0 Å². The summed E-state index contributed by atoms with van der Waals surface area (Å²) in [5.41, 5.74) is 0. The quantitative estimate of drug-likeness (QED) is 0.770. The van der Waals surface area contributed by atoms with Crippen LogP contribution in [0.25, 0.3) is 0 Å². The summed E-state index contributed by atoms with van der Waals surface area (Å²) in [5, 5.41) is 12.3. The molecular formula is C15H17NO4S. The molecule has 2 aromatic rings. The molecule has 0 radical (unpaired) electrons. The topological polar surface area (TPSA) is 79.5 Å². The number of carbonyl (C=O) groups is 2. The van der Waals surface area contributed by atoms with Gasteiger partial charge >= 0.3 is 0 Å². The Labute approximate surface area is 126 Å². The smallest absolute Gasteiger partial charge is 0.220 e. The van der Waals surface area contributed by atoms with Gasteiger partial charge in [-0.05, 0) is 31.2 Å². The molecule has 5 nitrogen and oxygen atoms in total. The summed E-state index contributed by atoms with van der Waals surface area (Å²) in [6, 6.07) is 6.97. The van der Waals surface area contributed by atoms with E-state index in [1.54, 1.807) is 18.2 Å². The minimum absolute atomic E-state index is 0.0326. The second kappa shape index (κ2) is 7.19. The largest absolute Gasteiger partial charge is 0.467 e. The van der Waals surface area contributed by atoms with E-state index in [9.17, 15) is 14.7 Å². The van der Waals surface area contributed by atoms with E-state index in [2.05, 4.69) is 5.32 Å². The molecule has 0 fully saturated rings. The van der Waals surface area contributed by atoms with Gasteiger partial charge in [0.2, 0.25) is 5.91 Å². The maximum absolute atomic E-state index is 11.9. The van der Waals surface area contributed by atoms with Crippen molar-refractivity contribution in [1.82, 2.24) is 5.32 Å². The molecule has 0 spiro atoms. The van der Waals surface area contributed by atoms with Gasteiger partial charge in [-0.15, -0.1) is 11.3 Å². The Morgan fingerprint density at radius 2 is 2.14 bits per heavy atom. The first-order chi connectivity index (χ1) is 10.1. The fourth-order valence-corrected chi connectivity index (χ4v) is 2.65. The number of ketones is 1. The van der Waals surface area contributed by atoms with Gasteiger partial charge in [-0.1, -0.05) is 0 Å². The number of aliphatic hydroxyl groups excluding tert-OH is 1. The molecule has 0 bridgehead atoms. The summed E-state index contributed by atoms with van der Waals surface area (Å²) >= 11 is 1.43. The summed E-state index contributed by atoms with van der Waals surface area (Å²) in [5.74, 6) is 0.109. The summed E-state index contributed by atoms with van der Waals surface area (Å²) in [6.07, 6.45) is 0.866. The lowest BCUT2D eigenvalue weighted by Crippen LogP contribution is -2.28. The van der Waals surface area contributed by atoms with Crippen LogP contribution >= 0.6 is 11.3 Å². The molecule has 2 heterocycles. The monoisotopic (exact) mass is 307 g/mol. The zero-order chi connectivity index (χ0) is 15.2. The molecule has 0 saturated heterocycles. The minimum Gasteiger partial charge on any atom is -0.467 e. The Kier molecular flexibility index (Phi) is 5.30. The molecule has 2 N–H and O–H groups in total. The summed E-state index contributed by atoms with van der Waals surface area (Å²) in [6.45, 7) is 2.00. The Hall–Kier alpha value is -1.92. The highest BCUT2D eigenvalue weighted by molar-refractivity contribution is 7.14. The lowest BCUT2D eigenvalue weighted by atomic mass is 10.2. The maximum Gasteiger partial charge on any atom is 0.220 e. The van der Waals surface area contributed by atoms with Gasteiger partial charge in [0, 0.05) is 17.7 Å². The molecule has 0 aromatic carbocycles. The molecule has 21 heavy (non-hydrogen) atoms. The van der Waals surface area contributed by atoms with E-state index in [0.717, 1.165) is 4.88 Å². The van der Waals surface area contributed by atoms with Crippen molar-refractivity contribution >= 4 is 23.0 Å². The average molecular weight is 307 g/mol. The van der Waals surface area contributed by atoms with Crippen LogP contribution in [0.5, 0.6) is 0 Å². The van der Waals surface area contributed by atoms with Crippen LogP contribution in [0.2, 0.25) is 0 Å². The van der Waals surface area contributed by atoms with Crippen LogP contribution < -0.4 is 5.32 Å². The van der Waals surface area contributed by atoms with Gasteiger partial charge in [-0.3, -0.25) is 9.59 Å². The van der Waals surface area contributed by atoms with Crippen molar-refractivity contribution in [3.63, 3.8) is 0 Å². The van der Waals surface area contributed by atoms with Crippen molar-refractivity contribution in [3.8, 4) is 0 Å². The van der Waals surface area contributed by atoms with Crippen LogP contribution in [0.15, 0.2) is 34.9 Å². The molecule has 0 saturated carbocycles. The van der Waals surface area contributed by atoms with Crippen LogP contribution in [-0.4, -0.2) is 23.3 Å². The molecule has 112 valence electrons. The second-order valence-electron chi connectivity index (χ2n) is 4.67. The number of nitrogens with one attached hydrogen (secondary N) is 1. The maximum atomic E-state index is 11.9. The lowest BCUT2D eigenvalue weighted by Gasteiger charge is -2.09. The van der Waals surface area contributed by atoms with Crippen LogP contribution in [-0.2, 0) is 4.79 Å². The van der Waals surface area contributed by atoms with Crippen molar-refractivity contribution in [2.75, 3.05) is 6.54 Å². The van der Waals surface area contributed by atoms with Crippen LogP contribution in [0.4, 0.5) is 0 Å². The molecule has 0 aliphatic carbocycles. The number of thiophene rings is 1. The number of aliphatic hydroxyl groups is 1. The second-order valence-corrected chi connectivity index (χ2v) is 5.96. The Balaban J connectivity index is 1.71. The van der Waals surface area contributed by atoms with E-state index in [-0.39, 0.29) is 31.1 Å². The predicted molar refractivity (Wildman–Crippen MR) is 79.3 cm³/mol. The third kappa shape index (κ3) is 4.54. The van der Waals surface area contributed by atoms with E-state index in [1.165, 1.54) is 17.6 Å². The molecule has 2 rings (SSSR count). The number of furan rings is 1. The van der Waals surface area contributed by atoms with Gasteiger partial charge < -0.3 is 14.8 Å². The summed E-state index contributed by atoms with van der Waals surface area (Å²) in [7, 11) is 0. The van der Waals surface area contributed by atoms with E-state index in [0.29, 0.717) is 10.6 Å². The van der Waals surface area contributed by atoms with E-state index in [4.69, 9.17) is 4.42 Å². The Morgan fingerprint density at radius 3 is 2.76 bits per heavy atom. The number of aryl methyl sites for hydroxylation is 1. The summed E-state index contributed by atoms with van der Waals surface area (Å²) < 4.78 is 5.03. The molecule has 0 aliphatic heterocycles. The first kappa shape index (κ1) is 15.5. The van der Waals surface area contributed by atoms with Crippen molar-refractivity contribution in [3.05, 3.63) is 46.0 Å². The molecule has 1 unspecified atom stereocenters. The van der Waals surface area contributed by atoms with Crippen LogP contribution in [0.3, 0.4) is 0 Å². The highest BCUT2D eigenvalue weighted by Crippen LogP contribution is 2.17. The fourth-order valence-electron chi connectivity index (χ4n) is 1.82. The fraction of sp³-hybridized carbons (Fsp3) is 0.333.